The molecule has 0 amide bonds. The van der Waals surface area contributed by atoms with Gasteiger partial charge >= 0.3 is 0 Å². The van der Waals surface area contributed by atoms with Gasteiger partial charge in [0.05, 0.1) is 0 Å². The van der Waals surface area contributed by atoms with Crippen LogP contribution in [0.1, 0.15) is 37.5 Å². The molecule has 1 aliphatic rings. The second-order valence-corrected chi connectivity index (χ2v) is 4.23. The van der Waals surface area contributed by atoms with Crippen molar-refractivity contribution in [2.24, 2.45) is 0 Å². The smallest absolute Gasteiger partial charge is 0.127 e. The van der Waals surface area contributed by atoms with E-state index in [1.165, 1.54) is 0 Å². The molecule has 102 valence electrons. The Morgan fingerprint density at radius 3 is 2.42 bits per heavy atom. The maximum Gasteiger partial charge on any atom is 0.127 e. The van der Waals surface area contributed by atoms with Crippen LogP contribution in [0.4, 0.5) is 4.39 Å². The third-order valence-electron chi connectivity index (χ3n) is 2.88. The Labute approximate surface area is 115 Å². The molecule has 1 aromatic rings. The van der Waals surface area contributed by atoms with Gasteiger partial charge in [-0.1, -0.05) is 39.5 Å². The topological polar surface area (TPSA) is 12.0 Å². The fourth-order valence-electron chi connectivity index (χ4n) is 2.01. The average Bonchev–Trinajstić information content (AvgIpc) is 2.41. The quantitative estimate of drug-likeness (QED) is 0.809. The van der Waals surface area contributed by atoms with Gasteiger partial charge in [-0.15, -0.1) is 0 Å². The molecule has 0 aliphatic carbocycles. The fraction of sp³-hybridized carbons (Fsp3) is 0.294. The van der Waals surface area contributed by atoms with Crippen molar-refractivity contribution in [3.63, 3.8) is 0 Å². The van der Waals surface area contributed by atoms with E-state index in [0.717, 1.165) is 28.0 Å². The Kier molecular flexibility index (Phi) is 5.56. The highest BCUT2D eigenvalue weighted by Gasteiger charge is 2.12. The molecule has 0 radical (unpaired) electrons. The molecule has 0 bridgehead atoms. The van der Waals surface area contributed by atoms with Gasteiger partial charge in [0.1, 0.15) is 5.82 Å². The zero-order valence-electron chi connectivity index (χ0n) is 12.2. The molecular weight excluding hydrogens is 237 g/mol. The van der Waals surface area contributed by atoms with Crippen molar-refractivity contribution in [1.82, 2.24) is 5.32 Å². The molecule has 0 aromatic heterocycles. The zero-order chi connectivity index (χ0) is 14.4. The predicted octanol–water partition coefficient (Wildman–Crippen LogP) is 4.74. The number of rotatable bonds is 2. The van der Waals surface area contributed by atoms with Crippen LogP contribution in [0, 0.1) is 12.7 Å². The number of hydrogen-bond donors (Lipinski definition) is 1. The van der Waals surface area contributed by atoms with Crippen LogP contribution in [-0.2, 0) is 6.42 Å². The van der Waals surface area contributed by atoms with Crippen molar-refractivity contribution in [3.8, 4) is 0 Å². The first-order valence-corrected chi connectivity index (χ1v) is 6.75. The Hall–Kier alpha value is -1.83. The molecule has 0 atom stereocenters. The molecule has 1 aromatic carbocycles. The molecule has 0 saturated heterocycles. The third-order valence-corrected chi connectivity index (χ3v) is 2.88. The lowest BCUT2D eigenvalue weighted by Crippen LogP contribution is -2.07. The summed E-state index contributed by atoms with van der Waals surface area (Å²) in [6.07, 6.45) is 6.42. The highest BCUT2D eigenvalue weighted by molar-refractivity contribution is 5.78. The zero-order valence-corrected chi connectivity index (χ0v) is 12.2. The van der Waals surface area contributed by atoms with E-state index in [0.29, 0.717) is 6.42 Å². The fourth-order valence-corrected chi connectivity index (χ4v) is 2.01. The third kappa shape index (κ3) is 3.57. The Morgan fingerprint density at radius 2 is 1.89 bits per heavy atom. The lowest BCUT2D eigenvalue weighted by atomic mass is 9.94. The van der Waals surface area contributed by atoms with Gasteiger partial charge < -0.3 is 5.32 Å². The minimum absolute atomic E-state index is 0.124. The van der Waals surface area contributed by atoms with Gasteiger partial charge in [0, 0.05) is 11.9 Å². The van der Waals surface area contributed by atoms with Crippen LogP contribution in [0.15, 0.2) is 42.8 Å². The van der Waals surface area contributed by atoms with Crippen molar-refractivity contribution in [2.75, 3.05) is 0 Å². The largest absolute Gasteiger partial charge is 0.362 e. The number of hydrogen-bond acceptors (Lipinski definition) is 1. The van der Waals surface area contributed by atoms with Crippen molar-refractivity contribution in [3.05, 3.63) is 65.3 Å². The molecular formula is C17H22FN. The molecule has 2 heteroatoms. The average molecular weight is 259 g/mol. The minimum atomic E-state index is -0.124. The first-order valence-electron chi connectivity index (χ1n) is 6.75. The summed E-state index contributed by atoms with van der Waals surface area (Å²) in [6, 6.07) is 3.61. The number of dihydropyridines is 1. The summed E-state index contributed by atoms with van der Waals surface area (Å²) in [5.74, 6) is -0.124. The molecule has 0 unspecified atom stereocenters. The molecule has 19 heavy (non-hydrogen) atoms. The van der Waals surface area contributed by atoms with E-state index < -0.39 is 0 Å². The monoisotopic (exact) mass is 259 g/mol. The van der Waals surface area contributed by atoms with Gasteiger partial charge in [-0.25, -0.2) is 4.39 Å². The van der Waals surface area contributed by atoms with Crippen LogP contribution in [-0.4, -0.2) is 0 Å². The summed E-state index contributed by atoms with van der Waals surface area (Å²) < 4.78 is 13.9. The summed E-state index contributed by atoms with van der Waals surface area (Å²) in [7, 11) is 0. The van der Waals surface area contributed by atoms with Crippen molar-refractivity contribution >= 4 is 5.57 Å². The van der Waals surface area contributed by atoms with E-state index in [1.807, 2.05) is 52.1 Å². The first kappa shape index (κ1) is 15.2. The highest BCUT2D eigenvalue weighted by Crippen LogP contribution is 2.26. The van der Waals surface area contributed by atoms with Gasteiger partial charge in [-0.05, 0) is 47.8 Å². The van der Waals surface area contributed by atoms with E-state index in [2.05, 4.69) is 11.9 Å². The van der Waals surface area contributed by atoms with Crippen LogP contribution in [0.2, 0.25) is 0 Å². The molecule has 0 spiro atoms. The first-order chi connectivity index (χ1) is 9.11. The van der Waals surface area contributed by atoms with Crippen LogP contribution >= 0.6 is 0 Å². The second-order valence-electron chi connectivity index (χ2n) is 4.23. The number of aryl methyl sites for hydroxylation is 1. The van der Waals surface area contributed by atoms with Crippen molar-refractivity contribution in [1.29, 1.82) is 0 Å². The molecule has 2 rings (SSSR count). The molecule has 0 fully saturated rings. The number of nitrogens with one attached hydrogen (secondary N) is 1. The van der Waals surface area contributed by atoms with Crippen LogP contribution in [0.5, 0.6) is 0 Å². The molecule has 1 heterocycles. The van der Waals surface area contributed by atoms with Crippen molar-refractivity contribution < 1.29 is 4.39 Å². The lowest BCUT2D eigenvalue weighted by Gasteiger charge is -2.15. The summed E-state index contributed by atoms with van der Waals surface area (Å²) in [4.78, 5) is 0. The van der Waals surface area contributed by atoms with Crippen LogP contribution in [0.25, 0.3) is 5.57 Å². The molecule has 1 nitrogen and oxygen atoms in total. The maximum absolute atomic E-state index is 13.9. The Morgan fingerprint density at radius 1 is 1.21 bits per heavy atom. The van der Waals surface area contributed by atoms with Crippen LogP contribution in [0.3, 0.4) is 0 Å². The van der Waals surface area contributed by atoms with Crippen molar-refractivity contribution in [2.45, 2.75) is 34.1 Å². The molecule has 1 N–H and O–H groups in total. The van der Waals surface area contributed by atoms with E-state index in [4.69, 9.17) is 0 Å². The summed E-state index contributed by atoms with van der Waals surface area (Å²) >= 11 is 0. The van der Waals surface area contributed by atoms with E-state index in [-0.39, 0.29) is 5.82 Å². The van der Waals surface area contributed by atoms with Gasteiger partial charge in [0.15, 0.2) is 0 Å². The predicted molar refractivity (Wildman–Crippen MR) is 81.3 cm³/mol. The standard InChI is InChI=1S/C15H16FN.C2H6/c1-4-13-14(7-10(2)8-15(13)16)12-6-5-11(3)17-9-12;1-2/h5-9,17H,3-4H2,1-2H3;1-2H3. The van der Waals surface area contributed by atoms with Gasteiger partial charge in [-0.3, -0.25) is 0 Å². The lowest BCUT2D eigenvalue weighted by molar-refractivity contribution is 0.610. The second kappa shape index (κ2) is 6.93. The van der Waals surface area contributed by atoms with E-state index >= 15 is 0 Å². The normalized spacial score (nSPS) is 13.3. The number of halogens is 1. The highest BCUT2D eigenvalue weighted by atomic mass is 19.1. The van der Waals surface area contributed by atoms with Gasteiger partial charge in [0.2, 0.25) is 0 Å². The number of allylic oxidation sites excluding steroid dienone is 3. The number of benzene rings is 1. The Bertz CT molecular complexity index is 524. The summed E-state index contributed by atoms with van der Waals surface area (Å²) in [5, 5.41) is 3.06. The summed E-state index contributed by atoms with van der Waals surface area (Å²) in [5.41, 5.74) is 4.51. The maximum atomic E-state index is 13.9. The summed E-state index contributed by atoms with van der Waals surface area (Å²) in [6.45, 7) is 11.7. The SMILES string of the molecule is C=C1C=CC(c2cc(C)cc(F)c2CC)=CN1.CC. The molecule has 1 aliphatic heterocycles. The van der Waals surface area contributed by atoms with Crippen LogP contribution < -0.4 is 5.32 Å². The van der Waals surface area contributed by atoms with E-state index in [9.17, 15) is 4.39 Å². The molecule has 0 saturated carbocycles. The van der Waals surface area contributed by atoms with E-state index in [1.54, 1.807) is 6.07 Å². The Balaban J connectivity index is 0.000000861. The van der Waals surface area contributed by atoms with Gasteiger partial charge in [0.25, 0.3) is 0 Å². The minimum Gasteiger partial charge on any atom is -0.362 e. The van der Waals surface area contributed by atoms with Gasteiger partial charge in [-0.2, -0.15) is 0 Å².